The highest BCUT2D eigenvalue weighted by atomic mass is 35.5. The molecule has 0 saturated carbocycles. The predicted molar refractivity (Wildman–Crippen MR) is 121 cm³/mol. The summed E-state index contributed by atoms with van der Waals surface area (Å²) in [6, 6.07) is 17.4. The van der Waals surface area contributed by atoms with Gasteiger partial charge in [-0.25, -0.2) is 0 Å². The van der Waals surface area contributed by atoms with E-state index in [1.807, 2.05) is 37.2 Å². The molecule has 146 valence electrons. The van der Waals surface area contributed by atoms with Crippen LogP contribution in [-0.4, -0.2) is 24.1 Å². The first kappa shape index (κ1) is 20.5. The molecule has 0 fully saturated rings. The molecule has 0 unspecified atom stereocenters. The van der Waals surface area contributed by atoms with Gasteiger partial charge < -0.3 is 19.5 Å². The first-order valence-electron chi connectivity index (χ1n) is 8.72. The van der Waals surface area contributed by atoms with Gasteiger partial charge in [0.2, 0.25) is 0 Å². The van der Waals surface area contributed by atoms with E-state index in [9.17, 15) is 0 Å². The molecule has 3 rings (SSSR count). The van der Waals surface area contributed by atoms with E-state index in [0.29, 0.717) is 33.9 Å². The lowest BCUT2D eigenvalue weighted by atomic mass is 10.2. The normalized spacial score (nSPS) is 10.6. The quantitative estimate of drug-likeness (QED) is 0.478. The molecule has 0 atom stereocenters. The molecular weight excluding hydrogens is 413 g/mol. The molecule has 4 nitrogen and oxygen atoms in total. The van der Waals surface area contributed by atoms with Crippen LogP contribution in [0, 0.1) is 0 Å². The molecule has 28 heavy (non-hydrogen) atoms. The molecule has 0 aliphatic carbocycles. The SMILES string of the molecule is CN(C)c1ccc(CN(Cc2ccco2)C(=S)Nc2ccc(Cl)cc2Cl)cc1. The van der Waals surface area contributed by atoms with Crippen LogP contribution in [0.1, 0.15) is 11.3 Å². The van der Waals surface area contributed by atoms with E-state index < -0.39 is 0 Å². The van der Waals surface area contributed by atoms with Gasteiger partial charge in [-0.1, -0.05) is 35.3 Å². The number of rotatable bonds is 6. The van der Waals surface area contributed by atoms with Crippen LogP contribution in [0.15, 0.2) is 65.3 Å². The lowest BCUT2D eigenvalue weighted by molar-refractivity contribution is 0.360. The van der Waals surface area contributed by atoms with Crippen LogP contribution < -0.4 is 10.2 Å². The van der Waals surface area contributed by atoms with Crippen molar-refractivity contribution in [3.05, 3.63) is 82.2 Å². The standard InChI is InChI=1S/C21H21Cl2N3OS/c1-25(2)17-8-5-15(6-9-17)13-26(14-18-4-3-11-27-18)21(28)24-20-10-7-16(22)12-19(20)23/h3-12H,13-14H2,1-2H3,(H,24,28). The Kier molecular flexibility index (Phi) is 6.83. The van der Waals surface area contributed by atoms with Crippen LogP contribution in [0.3, 0.4) is 0 Å². The van der Waals surface area contributed by atoms with Crippen molar-refractivity contribution < 1.29 is 4.42 Å². The molecule has 1 aromatic heterocycles. The summed E-state index contributed by atoms with van der Waals surface area (Å²) in [7, 11) is 4.04. The van der Waals surface area contributed by atoms with Crippen molar-refractivity contribution in [2.45, 2.75) is 13.1 Å². The summed E-state index contributed by atoms with van der Waals surface area (Å²) in [4.78, 5) is 4.10. The molecule has 1 N–H and O–H groups in total. The number of nitrogens with zero attached hydrogens (tertiary/aromatic N) is 2. The molecule has 0 saturated heterocycles. The Labute approximate surface area is 180 Å². The first-order valence-corrected chi connectivity index (χ1v) is 9.88. The largest absolute Gasteiger partial charge is 0.467 e. The number of furan rings is 1. The van der Waals surface area contributed by atoms with E-state index >= 15 is 0 Å². The summed E-state index contributed by atoms with van der Waals surface area (Å²) < 4.78 is 5.51. The minimum atomic E-state index is 0.517. The van der Waals surface area contributed by atoms with Crippen molar-refractivity contribution >= 4 is 51.9 Å². The van der Waals surface area contributed by atoms with Gasteiger partial charge in [-0.15, -0.1) is 0 Å². The Morgan fingerprint density at radius 3 is 2.39 bits per heavy atom. The lowest BCUT2D eigenvalue weighted by Crippen LogP contribution is -2.33. The number of anilines is 2. The number of halogens is 2. The topological polar surface area (TPSA) is 31.6 Å². The highest BCUT2D eigenvalue weighted by molar-refractivity contribution is 7.80. The highest BCUT2D eigenvalue weighted by Crippen LogP contribution is 2.26. The Morgan fingerprint density at radius 1 is 1.04 bits per heavy atom. The van der Waals surface area contributed by atoms with E-state index in [4.69, 9.17) is 39.8 Å². The van der Waals surface area contributed by atoms with Crippen molar-refractivity contribution in [1.82, 2.24) is 4.90 Å². The monoisotopic (exact) mass is 433 g/mol. The summed E-state index contributed by atoms with van der Waals surface area (Å²) in [6.45, 7) is 1.17. The predicted octanol–water partition coefficient (Wildman–Crippen LogP) is 6.05. The van der Waals surface area contributed by atoms with Crippen molar-refractivity contribution in [1.29, 1.82) is 0 Å². The molecule has 1 heterocycles. The van der Waals surface area contributed by atoms with Gasteiger partial charge in [-0.3, -0.25) is 0 Å². The number of hydrogen-bond acceptors (Lipinski definition) is 3. The second kappa shape index (κ2) is 9.32. The Balaban J connectivity index is 1.78. The van der Waals surface area contributed by atoms with Gasteiger partial charge in [-0.05, 0) is 60.2 Å². The molecule has 0 aliphatic rings. The van der Waals surface area contributed by atoms with Crippen molar-refractivity contribution in [3.63, 3.8) is 0 Å². The molecule has 0 bridgehead atoms. The average Bonchev–Trinajstić information content (AvgIpc) is 3.17. The van der Waals surface area contributed by atoms with Gasteiger partial charge in [0, 0.05) is 31.4 Å². The number of benzene rings is 2. The van der Waals surface area contributed by atoms with Crippen LogP contribution >= 0.6 is 35.4 Å². The maximum Gasteiger partial charge on any atom is 0.174 e. The number of hydrogen-bond donors (Lipinski definition) is 1. The van der Waals surface area contributed by atoms with Gasteiger partial charge in [-0.2, -0.15) is 0 Å². The smallest absolute Gasteiger partial charge is 0.174 e. The van der Waals surface area contributed by atoms with E-state index in [1.165, 1.54) is 0 Å². The molecule has 0 spiro atoms. The van der Waals surface area contributed by atoms with Gasteiger partial charge in [0.25, 0.3) is 0 Å². The molecule has 0 aliphatic heterocycles. The zero-order valence-corrected chi connectivity index (χ0v) is 18.0. The summed E-state index contributed by atoms with van der Waals surface area (Å²) >= 11 is 17.9. The fourth-order valence-electron chi connectivity index (χ4n) is 2.70. The van der Waals surface area contributed by atoms with Crippen molar-refractivity contribution in [2.75, 3.05) is 24.3 Å². The zero-order chi connectivity index (χ0) is 20.1. The van der Waals surface area contributed by atoms with Crippen LogP contribution in [0.5, 0.6) is 0 Å². The van der Waals surface area contributed by atoms with Gasteiger partial charge in [0.1, 0.15) is 5.76 Å². The average molecular weight is 434 g/mol. The maximum atomic E-state index is 6.28. The minimum absolute atomic E-state index is 0.517. The number of thiocarbonyl (C=S) groups is 1. The van der Waals surface area contributed by atoms with Crippen LogP contribution in [0.4, 0.5) is 11.4 Å². The summed E-state index contributed by atoms with van der Waals surface area (Å²) in [5.74, 6) is 0.830. The van der Waals surface area contributed by atoms with Crippen LogP contribution in [-0.2, 0) is 13.1 Å². The number of nitrogens with one attached hydrogen (secondary N) is 1. The van der Waals surface area contributed by atoms with Gasteiger partial charge in [0.05, 0.1) is 23.5 Å². The van der Waals surface area contributed by atoms with E-state index in [2.05, 4.69) is 34.5 Å². The first-order chi connectivity index (χ1) is 13.4. The molecule has 7 heteroatoms. The second-order valence-corrected chi connectivity index (χ2v) is 7.78. The summed E-state index contributed by atoms with van der Waals surface area (Å²) in [6.07, 6.45) is 1.66. The van der Waals surface area contributed by atoms with Crippen molar-refractivity contribution in [2.24, 2.45) is 0 Å². The second-order valence-electron chi connectivity index (χ2n) is 6.55. The summed E-state index contributed by atoms with van der Waals surface area (Å²) in [5.41, 5.74) is 3.00. The molecule has 2 aromatic carbocycles. The fourth-order valence-corrected chi connectivity index (χ4v) is 3.39. The van der Waals surface area contributed by atoms with E-state index in [1.54, 1.807) is 18.4 Å². The van der Waals surface area contributed by atoms with Gasteiger partial charge >= 0.3 is 0 Å². The van der Waals surface area contributed by atoms with Crippen LogP contribution in [0.2, 0.25) is 10.0 Å². The third-order valence-corrected chi connectivity index (χ3v) is 5.12. The Morgan fingerprint density at radius 2 is 1.79 bits per heavy atom. The Hall–Kier alpha value is -2.21. The third kappa shape index (κ3) is 5.41. The molecule has 0 amide bonds. The van der Waals surface area contributed by atoms with E-state index in [0.717, 1.165) is 17.0 Å². The summed E-state index contributed by atoms with van der Waals surface area (Å²) in [5, 5.41) is 4.87. The molecule has 3 aromatic rings. The minimum Gasteiger partial charge on any atom is -0.467 e. The molecular formula is C21H21Cl2N3OS. The zero-order valence-electron chi connectivity index (χ0n) is 15.7. The molecule has 0 radical (unpaired) electrons. The van der Waals surface area contributed by atoms with Crippen molar-refractivity contribution in [3.8, 4) is 0 Å². The van der Waals surface area contributed by atoms with Gasteiger partial charge in [0.15, 0.2) is 5.11 Å². The maximum absolute atomic E-state index is 6.28. The fraction of sp³-hybridized carbons (Fsp3) is 0.190. The lowest BCUT2D eigenvalue weighted by Gasteiger charge is -2.26. The highest BCUT2D eigenvalue weighted by Gasteiger charge is 2.14. The third-order valence-electron chi connectivity index (χ3n) is 4.21. The van der Waals surface area contributed by atoms with Crippen LogP contribution in [0.25, 0.3) is 0 Å². The van der Waals surface area contributed by atoms with E-state index in [-0.39, 0.29) is 0 Å². The Bertz CT molecular complexity index is 927.